The highest BCUT2D eigenvalue weighted by Crippen LogP contribution is 2.26. The summed E-state index contributed by atoms with van der Waals surface area (Å²) < 4.78 is 33.6. The minimum Gasteiger partial charge on any atom is -0.327 e. The summed E-state index contributed by atoms with van der Waals surface area (Å²) in [5.74, 6) is 0.614. The molecule has 1 heterocycles. The number of halogens is 2. The van der Waals surface area contributed by atoms with Gasteiger partial charge in [-0.05, 0) is 37.1 Å². The van der Waals surface area contributed by atoms with E-state index in [9.17, 15) is 13.6 Å². The number of ketones is 1. The van der Waals surface area contributed by atoms with Gasteiger partial charge in [0.25, 0.3) is 0 Å². The van der Waals surface area contributed by atoms with Crippen molar-refractivity contribution in [1.29, 1.82) is 0 Å². The summed E-state index contributed by atoms with van der Waals surface area (Å²) in [5, 5.41) is 2.85. The van der Waals surface area contributed by atoms with E-state index in [0.29, 0.717) is 11.1 Å². The summed E-state index contributed by atoms with van der Waals surface area (Å²) in [7, 11) is 1.71. The van der Waals surface area contributed by atoms with E-state index in [0.717, 1.165) is 18.2 Å². The minimum absolute atomic E-state index is 0.0634. The Morgan fingerprint density at radius 2 is 2.11 bits per heavy atom. The third-order valence-corrected chi connectivity index (χ3v) is 4.87. The van der Waals surface area contributed by atoms with Crippen LogP contribution in [0.15, 0.2) is 30.6 Å². The molecule has 4 nitrogen and oxygen atoms in total. The number of terminal acetylenes is 1. The topological polar surface area (TPSA) is 49.8 Å². The monoisotopic (exact) mass is 389 g/mol. The predicted molar refractivity (Wildman–Crippen MR) is 106 cm³/mol. The van der Waals surface area contributed by atoms with Crippen molar-refractivity contribution in [2.24, 2.45) is 7.05 Å². The molecule has 0 aliphatic heterocycles. The number of benzene rings is 1. The second kappa shape index (κ2) is 9.28. The van der Waals surface area contributed by atoms with Crippen LogP contribution in [0.3, 0.4) is 0 Å². The molecule has 27 heavy (non-hydrogen) atoms. The second-order valence-corrected chi connectivity index (χ2v) is 6.76. The Balaban J connectivity index is 2.60. The number of hydrogen-bond donors (Lipinski definition) is 2. The van der Waals surface area contributed by atoms with Gasteiger partial charge in [0.1, 0.15) is 5.82 Å². The molecule has 0 atom stereocenters. The number of aromatic nitrogens is 2. The Morgan fingerprint density at radius 1 is 1.37 bits per heavy atom. The van der Waals surface area contributed by atoms with Crippen molar-refractivity contribution in [2.75, 3.05) is 10.5 Å². The molecule has 7 heteroatoms. The van der Waals surface area contributed by atoms with E-state index < -0.39 is 23.0 Å². The quantitative estimate of drug-likeness (QED) is 0.325. The Kier molecular flexibility index (Phi) is 7.08. The van der Waals surface area contributed by atoms with Gasteiger partial charge in [0.05, 0.1) is 11.3 Å². The molecule has 0 amide bonds. The molecule has 0 spiro atoms. The van der Waals surface area contributed by atoms with Gasteiger partial charge in [0.2, 0.25) is 5.78 Å². The normalized spacial score (nSPS) is 10.2. The standard InChI is InChI=1S/C20H21F2N3OS/c1-5-11-27-24-17-8-7-16(21)18(19(17)22)20(26)15-12-23-25(4)10-9-14(6-2)13(15)3/h2,7-10,12,23-24H,5,11H2,1,3-4H3. The number of nitrogens with one attached hydrogen (secondary N) is 2. The van der Waals surface area contributed by atoms with Gasteiger partial charge in [-0.3, -0.25) is 9.48 Å². The number of aromatic amines is 1. The van der Waals surface area contributed by atoms with Crippen LogP contribution in [0.2, 0.25) is 0 Å². The molecule has 0 saturated carbocycles. The van der Waals surface area contributed by atoms with Gasteiger partial charge in [-0.15, -0.1) is 6.42 Å². The zero-order valence-corrected chi connectivity index (χ0v) is 16.2. The third kappa shape index (κ3) is 4.72. The molecule has 1 aromatic heterocycles. The third-order valence-electron chi connectivity index (χ3n) is 3.89. The molecule has 0 radical (unpaired) electrons. The van der Waals surface area contributed by atoms with Crippen LogP contribution >= 0.6 is 11.9 Å². The molecule has 0 bridgehead atoms. The van der Waals surface area contributed by atoms with Gasteiger partial charge < -0.3 is 9.82 Å². The lowest BCUT2D eigenvalue weighted by atomic mass is 9.97. The number of rotatable bonds is 6. The Bertz CT molecular complexity index is 939. The number of anilines is 1. The maximum absolute atomic E-state index is 14.9. The number of hydrogen-bond acceptors (Lipinski definition) is 3. The lowest BCUT2D eigenvalue weighted by Crippen LogP contribution is -2.12. The lowest BCUT2D eigenvalue weighted by molar-refractivity contribution is 0.103. The zero-order valence-electron chi connectivity index (χ0n) is 15.4. The lowest BCUT2D eigenvalue weighted by Gasteiger charge is -2.12. The smallest absolute Gasteiger partial charge is 0.200 e. The minimum atomic E-state index is -0.926. The van der Waals surface area contributed by atoms with Crippen molar-refractivity contribution in [3.8, 4) is 12.3 Å². The van der Waals surface area contributed by atoms with Gasteiger partial charge in [-0.2, -0.15) is 0 Å². The summed E-state index contributed by atoms with van der Waals surface area (Å²) in [5.41, 5.74) is 0.449. The summed E-state index contributed by atoms with van der Waals surface area (Å²) in [4.78, 5) is 13.0. The van der Waals surface area contributed by atoms with Crippen molar-refractivity contribution in [3.05, 3.63) is 64.5 Å². The highest BCUT2D eigenvalue weighted by molar-refractivity contribution is 8.00. The molecule has 0 saturated heterocycles. The average molecular weight is 389 g/mol. The Morgan fingerprint density at radius 3 is 2.78 bits per heavy atom. The van der Waals surface area contributed by atoms with Gasteiger partial charge in [0.15, 0.2) is 5.82 Å². The molecular formula is C20H21F2N3OS. The fraction of sp³-hybridized carbons (Fsp3) is 0.250. The summed E-state index contributed by atoms with van der Waals surface area (Å²) >= 11 is 1.29. The molecule has 142 valence electrons. The number of H-pyrrole nitrogens is 1. The Hall–Kier alpha value is -2.72. The van der Waals surface area contributed by atoms with Crippen LogP contribution in [-0.4, -0.2) is 21.3 Å². The average Bonchev–Trinajstić information content (AvgIpc) is 2.63. The maximum atomic E-state index is 14.9. The number of carbonyl (C=O) groups is 1. The largest absolute Gasteiger partial charge is 0.327 e. The first kappa shape index (κ1) is 20.6. The van der Waals surface area contributed by atoms with E-state index in [1.54, 1.807) is 30.9 Å². The van der Waals surface area contributed by atoms with Crippen molar-refractivity contribution in [1.82, 2.24) is 9.78 Å². The highest BCUT2D eigenvalue weighted by Gasteiger charge is 2.23. The number of aryl methyl sites for hydroxylation is 1. The molecule has 2 N–H and O–H groups in total. The SMILES string of the molecule is C#Cc1ccn(C)[nH]cc(C(=O)c2c(F)ccc(NSCCC)c2F)c1C. The molecule has 0 aliphatic rings. The van der Waals surface area contributed by atoms with E-state index in [4.69, 9.17) is 6.42 Å². The second-order valence-electron chi connectivity index (χ2n) is 5.86. The van der Waals surface area contributed by atoms with Gasteiger partial charge in [-0.1, -0.05) is 24.8 Å². The van der Waals surface area contributed by atoms with Crippen LogP contribution < -0.4 is 4.72 Å². The van der Waals surface area contributed by atoms with Crippen molar-refractivity contribution in [3.63, 3.8) is 0 Å². The Labute approximate surface area is 161 Å². The fourth-order valence-electron chi connectivity index (χ4n) is 2.37. The van der Waals surface area contributed by atoms with Gasteiger partial charge in [-0.25, -0.2) is 8.78 Å². The van der Waals surface area contributed by atoms with E-state index in [-0.39, 0.29) is 11.3 Å². The number of carbonyl (C=O) groups excluding carboxylic acids is 1. The summed E-state index contributed by atoms with van der Waals surface area (Å²) in [6.45, 7) is 3.63. The van der Waals surface area contributed by atoms with Crippen molar-refractivity contribution >= 4 is 23.4 Å². The van der Waals surface area contributed by atoms with Crippen molar-refractivity contribution < 1.29 is 13.6 Å². The molecule has 0 aliphatic carbocycles. The van der Waals surface area contributed by atoms with Crippen LogP contribution in [0, 0.1) is 30.9 Å². The predicted octanol–water partition coefficient (Wildman–Crippen LogP) is 4.75. The van der Waals surface area contributed by atoms with Crippen LogP contribution in [0.4, 0.5) is 14.5 Å². The fourth-order valence-corrected chi connectivity index (χ4v) is 2.99. The van der Waals surface area contributed by atoms with Crippen LogP contribution in [-0.2, 0) is 7.05 Å². The summed E-state index contributed by atoms with van der Waals surface area (Å²) in [6.07, 6.45) is 9.49. The first-order valence-corrected chi connectivity index (χ1v) is 9.35. The molecular weight excluding hydrogens is 368 g/mol. The van der Waals surface area contributed by atoms with Crippen molar-refractivity contribution in [2.45, 2.75) is 20.3 Å². The molecule has 0 unspecified atom stereocenters. The van der Waals surface area contributed by atoms with Gasteiger partial charge in [0, 0.05) is 36.3 Å². The van der Waals surface area contributed by atoms with Gasteiger partial charge >= 0.3 is 0 Å². The molecule has 0 fully saturated rings. The zero-order chi connectivity index (χ0) is 20.0. The van der Waals surface area contributed by atoms with E-state index >= 15 is 0 Å². The van der Waals surface area contributed by atoms with Crippen LogP contribution in [0.1, 0.15) is 40.4 Å². The van der Waals surface area contributed by atoms with E-state index in [2.05, 4.69) is 15.7 Å². The highest BCUT2D eigenvalue weighted by atomic mass is 32.2. The van der Waals surface area contributed by atoms with E-state index in [1.165, 1.54) is 24.2 Å². The first-order chi connectivity index (χ1) is 12.9. The van der Waals surface area contributed by atoms with E-state index in [1.807, 2.05) is 6.92 Å². The maximum Gasteiger partial charge on any atom is 0.200 e. The van der Waals surface area contributed by atoms with Crippen LogP contribution in [0.5, 0.6) is 0 Å². The first-order valence-electron chi connectivity index (χ1n) is 8.36. The van der Waals surface area contributed by atoms with Crippen LogP contribution in [0.25, 0.3) is 0 Å². The summed E-state index contributed by atoms with van der Waals surface area (Å²) in [6, 6.07) is 4.00. The molecule has 2 aromatic rings. The molecule has 1 aromatic carbocycles. The molecule has 2 rings (SSSR count). The number of nitrogens with zero attached hydrogens (tertiary/aromatic N) is 1.